The van der Waals surface area contributed by atoms with Gasteiger partial charge in [0.1, 0.15) is 0 Å². The third kappa shape index (κ3) is 2.86. The maximum atomic E-state index is 8.40. The summed E-state index contributed by atoms with van der Waals surface area (Å²) in [5, 5.41) is 12.2. The predicted molar refractivity (Wildman–Crippen MR) is 40.5 cm³/mol. The van der Waals surface area contributed by atoms with E-state index in [0.717, 1.165) is 12.1 Å². The van der Waals surface area contributed by atoms with Crippen LogP contribution >= 0.6 is 0 Å². The highest BCUT2D eigenvalue weighted by Gasteiger charge is 2.17. The lowest BCUT2D eigenvalue weighted by Crippen LogP contribution is -2.16. The van der Waals surface area contributed by atoms with Crippen molar-refractivity contribution in [2.45, 2.75) is 19.4 Å². The fourth-order valence-corrected chi connectivity index (χ4v) is 0.937. The SMILES string of the molecule is CC1=NOC(COCCO)C1. The number of oxime groups is 1. The van der Waals surface area contributed by atoms with Crippen LogP contribution in [0, 0.1) is 0 Å². The zero-order valence-corrected chi connectivity index (χ0v) is 6.62. The smallest absolute Gasteiger partial charge is 0.156 e. The van der Waals surface area contributed by atoms with Gasteiger partial charge in [0.15, 0.2) is 6.10 Å². The second-order valence-electron chi connectivity index (χ2n) is 2.56. The maximum Gasteiger partial charge on any atom is 0.156 e. The molecule has 1 aliphatic rings. The second-order valence-corrected chi connectivity index (χ2v) is 2.56. The maximum absolute atomic E-state index is 8.40. The van der Waals surface area contributed by atoms with Gasteiger partial charge in [0.25, 0.3) is 0 Å². The van der Waals surface area contributed by atoms with Gasteiger partial charge in [-0.2, -0.15) is 0 Å². The predicted octanol–water partition coefficient (Wildman–Crippen LogP) is 0.160. The van der Waals surface area contributed by atoms with Gasteiger partial charge in [0.2, 0.25) is 0 Å². The van der Waals surface area contributed by atoms with Crippen molar-refractivity contribution < 1.29 is 14.7 Å². The van der Waals surface area contributed by atoms with Crippen molar-refractivity contribution in [2.24, 2.45) is 5.16 Å². The van der Waals surface area contributed by atoms with Gasteiger partial charge in [-0.1, -0.05) is 5.16 Å². The van der Waals surface area contributed by atoms with Crippen LogP contribution in [0.25, 0.3) is 0 Å². The fraction of sp³-hybridized carbons (Fsp3) is 0.857. The highest BCUT2D eigenvalue weighted by atomic mass is 16.7. The minimum atomic E-state index is 0.0570. The standard InChI is InChI=1S/C7H13NO3/c1-6-4-7(11-8-6)5-10-3-2-9/h7,9H,2-5H2,1H3. The topological polar surface area (TPSA) is 51.0 Å². The summed E-state index contributed by atoms with van der Waals surface area (Å²) in [5.41, 5.74) is 1.00. The summed E-state index contributed by atoms with van der Waals surface area (Å²) in [5.74, 6) is 0. The van der Waals surface area contributed by atoms with E-state index < -0.39 is 0 Å². The van der Waals surface area contributed by atoms with E-state index in [9.17, 15) is 0 Å². The molecule has 4 nitrogen and oxygen atoms in total. The van der Waals surface area contributed by atoms with Gasteiger partial charge in [-0.15, -0.1) is 0 Å². The number of aliphatic hydroxyl groups excluding tert-OH is 1. The van der Waals surface area contributed by atoms with E-state index >= 15 is 0 Å². The molecule has 0 aromatic heterocycles. The van der Waals surface area contributed by atoms with Crippen LogP contribution in [0.3, 0.4) is 0 Å². The number of hydrogen-bond acceptors (Lipinski definition) is 4. The number of ether oxygens (including phenoxy) is 1. The highest BCUT2D eigenvalue weighted by Crippen LogP contribution is 2.09. The summed E-state index contributed by atoms with van der Waals surface area (Å²) in [6.45, 7) is 2.87. The quantitative estimate of drug-likeness (QED) is 0.594. The van der Waals surface area contributed by atoms with Crippen molar-refractivity contribution in [3.8, 4) is 0 Å². The Labute approximate surface area is 65.8 Å². The lowest BCUT2D eigenvalue weighted by Gasteiger charge is -2.07. The Kier molecular flexibility index (Phi) is 3.32. The molecule has 4 heteroatoms. The lowest BCUT2D eigenvalue weighted by atomic mass is 10.2. The molecule has 1 N–H and O–H groups in total. The van der Waals surface area contributed by atoms with Gasteiger partial charge in [-0.25, -0.2) is 0 Å². The van der Waals surface area contributed by atoms with Gasteiger partial charge in [-0.05, 0) is 6.92 Å². The monoisotopic (exact) mass is 159 g/mol. The Morgan fingerprint density at radius 1 is 1.82 bits per heavy atom. The molecule has 0 fully saturated rings. The first-order chi connectivity index (χ1) is 5.33. The van der Waals surface area contributed by atoms with Gasteiger partial charge >= 0.3 is 0 Å². The lowest BCUT2D eigenvalue weighted by molar-refractivity contribution is -0.00633. The number of rotatable bonds is 4. The van der Waals surface area contributed by atoms with Crippen molar-refractivity contribution in [3.63, 3.8) is 0 Å². The summed E-state index contributed by atoms with van der Waals surface area (Å²) in [7, 11) is 0. The van der Waals surface area contributed by atoms with Gasteiger partial charge < -0.3 is 14.7 Å². The molecule has 0 aromatic rings. The first kappa shape index (κ1) is 8.49. The first-order valence-corrected chi connectivity index (χ1v) is 3.71. The molecule has 0 aliphatic carbocycles. The van der Waals surface area contributed by atoms with Crippen LogP contribution < -0.4 is 0 Å². The molecular weight excluding hydrogens is 146 g/mol. The van der Waals surface area contributed by atoms with Crippen LogP contribution in [0.1, 0.15) is 13.3 Å². The molecule has 1 rings (SSSR count). The van der Waals surface area contributed by atoms with Gasteiger partial charge in [-0.3, -0.25) is 0 Å². The zero-order chi connectivity index (χ0) is 8.10. The number of nitrogens with zero attached hydrogens (tertiary/aromatic N) is 1. The van der Waals surface area contributed by atoms with Crippen molar-refractivity contribution in [1.82, 2.24) is 0 Å². The van der Waals surface area contributed by atoms with E-state index in [2.05, 4.69) is 5.16 Å². The van der Waals surface area contributed by atoms with Crippen LogP contribution in [-0.2, 0) is 9.57 Å². The summed E-state index contributed by atoms with van der Waals surface area (Å²) in [6.07, 6.45) is 0.896. The average Bonchev–Trinajstić information content (AvgIpc) is 2.37. The van der Waals surface area contributed by atoms with Crippen molar-refractivity contribution in [3.05, 3.63) is 0 Å². The highest BCUT2D eigenvalue weighted by molar-refractivity contribution is 5.82. The first-order valence-electron chi connectivity index (χ1n) is 3.71. The minimum absolute atomic E-state index is 0.0570. The third-order valence-corrected chi connectivity index (χ3v) is 1.42. The summed E-state index contributed by atoms with van der Waals surface area (Å²) in [6, 6.07) is 0. The summed E-state index contributed by atoms with van der Waals surface area (Å²) in [4.78, 5) is 4.99. The fourth-order valence-electron chi connectivity index (χ4n) is 0.937. The van der Waals surface area contributed by atoms with Gasteiger partial charge in [0.05, 0.1) is 25.5 Å². The van der Waals surface area contributed by atoms with Crippen LogP contribution in [0.5, 0.6) is 0 Å². The molecule has 0 amide bonds. The van der Waals surface area contributed by atoms with Crippen LogP contribution in [0.15, 0.2) is 5.16 Å². The van der Waals surface area contributed by atoms with E-state index in [1.807, 2.05) is 6.92 Å². The normalized spacial score (nSPS) is 23.1. The Balaban J connectivity index is 2.02. The van der Waals surface area contributed by atoms with E-state index in [4.69, 9.17) is 14.7 Å². The third-order valence-electron chi connectivity index (χ3n) is 1.42. The molecule has 0 spiro atoms. The van der Waals surface area contributed by atoms with Gasteiger partial charge in [0, 0.05) is 6.42 Å². The number of hydrogen-bond donors (Lipinski definition) is 1. The molecule has 0 saturated carbocycles. The number of aliphatic hydroxyl groups is 1. The summed E-state index contributed by atoms with van der Waals surface area (Å²) < 4.78 is 5.07. The van der Waals surface area contributed by atoms with E-state index in [-0.39, 0.29) is 12.7 Å². The second kappa shape index (κ2) is 4.31. The summed E-state index contributed by atoms with van der Waals surface area (Å²) >= 11 is 0. The molecule has 1 unspecified atom stereocenters. The Hall–Kier alpha value is -0.610. The van der Waals surface area contributed by atoms with E-state index in [0.29, 0.717) is 13.2 Å². The van der Waals surface area contributed by atoms with Crippen LogP contribution in [0.2, 0.25) is 0 Å². The van der Waals surface area contributed by atoms with Crippen molar-refractivity contribution in [2.75, 3.05) is 19.8 Å². The Bertz CT molecular complexity index is 147. The molecule has 1 atom stereocenters. The molecular formula is C7H13NO3. The molecule has 1 aliphatic heterocycles. The Morgan fingerprint density at radius 2 is 2.64 bits per heavy atom. The minimum Gasteiger partial charge on any atom is -0.394 e. The Morgan fingerprint density at radius 3 is 3.18 bits per heavy atom. The molecule has 0 saturated heterocycles. The average molecular weight is 159 g/mol. The largest absolute Gasteiger partial charge is 0.394 e. The molecule has 1 heterocycles. The van der Waals surface area contributed by atoms with Crippen molar-refractivity contribution in [1.29, 1.82) is 0 Å². The zero-order valence-electron chi connectivity index (χ0n) is 6.62. The van der Waals surface area contributed by atoms with Crippen LogP contribution in [0.4, 0.5) is 0 Å². The molecule has 0 bridgehead atoms. The molecule has 11 heavy (non-hydrogen) atoms. The molecule has 64 valence electrons. The molecule has 0 aromatic carbocycles. The van der Waals surface area contributed by atoms with E-state index in [1.54, 1.807) is 0 Å². The molecule has 0 radical (unpaired) electrons. The van der Waals surface area contributed by atoms with Crippen molar-refractivity contribution >= 4 is 5.71 Å². The van der Waals surface area contributed by atoms with Crippen LogP contribution in [-0.4, -0.2) is 36.7 Å². The van der Waals surface area contributed by atoms with E-state index in [1.165, 1.54) is 0 Å².